The molecule has 1 aromatic rings. The minimum Gasteiger partial charge on any atom is -0.467 e. The molecule has 1 aromatic carbocycles. The Morgan fingerprint density at radius 3 is 2.67 bits per heavy atom. The van der Waals surface area contributed by atoms with Gasteiger partial charge in [-0.2, -0.15) is 0 Å². The van der Waals surface area contributed by atoms with E-state index in [1.54, 1.807) is 25.1 Å². The Morgan fingerprint density at radius 1 is 1.44 bits per heavy atom. The van der Waals surface area contributed by atoms with Gasteiger partial charge in [0.25, 0.3) is 0 Å². The molecule has 1 atom stereocenters. The number of benzene rings is 1. The molecule has 0 amide bonds. The van der Waals surface area contributed by atoms with Gasteiger partial charge in [0.15, 0.2) is 5.54 Å². The molecule has 0 fully saturated rings. The Kier molecular flexibility index (Phi) is 5.09. The minimum atomic E-state index is -1.12. The third-order valence-corrected chi connectivity index (χ3v) is 2.52. The summed E-state index contributed by atoms with van der Waals surface area (Å²) in [6.45, 7) is 4.00. The zero-order chi connectivity index (χ0) is 13.6. The van der Waals surface area contributed by atoms with E-state index in [2.05, 4.69) is 5.32 Å². The summed E-state index contributed by atoms with van der Waals surface area (Å²) < 4.78 is 23.5. The van der Waals surface area contributed by atoms with Crippen LogP contribution in [0.4, 0.5) is 10.1 Å². The lowest BCUT2D eigenvalue weighted by atomic mass is 10.0. The van der Waals surface area contributed by atoms with Crippen molar-refractivity contribution in [3.8, 4) is 0 Å². The Bertz CT molecular complexity index is 411. The molecule has 0 spiro atoms. The number of anilines is 1. The molecule has 0 saturated carbocycles. The first-order valence-corrected chi connectivity index (χ1v) is 5.72. The summed E-state index contributed by atoms with van der Waals surface area (Å²) in [5.41, 5.74) is -0.877. The first kappa shape index (κ1) is 14.4. The summed E-state index contributed by atoms with van der Waals surface area (Å²) in [5, 5.41) is 2.83. The fourth-order valence-electron chi connectivity index (χ4n) is 1.54. The number of esters is 1. The zero-order valence-electron chi connectivity index (χ0n) is 10.8. The molecule has 0 aliphatic rings. The predicted molar refractivity (Wildman–Crippen MR) is 66.9 cm³/mol. The van der Waals surface area contributed by atoms with Crippen molar-refractivity contribution < 1.29 is 18.7 Å². The third kappa shape index (κ3) is 3.43. The quantitative estimate of drug-likeness (QED) is 0.792. The lowest BCUT2D eigenvalue weighted by Gasteiger charge is -2.28. The molecule has 0 aliphatic carbocycles. The van der Waals surface area contributed by atoms with E-state index in [1.807, 2.05) is 6.92 Å². The second-order valence-electron chi connectivity index (χ2n) is 4.07. The number of methoxy groups -OCH3 is 1. The summed E-state index contributed by atoms with van der Waals surface area (Å²) in [6, 6.07) is 6.14. The first-order chi connectivity index (χ1) is 8.53. The molecule has 1 rings (SSSR count). The number of hydrogen-bond acceptors (Lipinski definition) is 4. The summed E-state index contributed by atoms with van der Waals surface area (Å²) in [5.74, 6) is -0.927. The maximum absolute atomic E-state index is 13.6. The van der Waals surface area contributed by atoms with Crippen LogP contribution in [0.25, 0.3) is 0 Å². The molecular formula is C13H18FNO3. The predicted octanol–water partition coefficient (Wildman–Crippen LogP) is 2.21. The van der Waals surface area contributed by atoms with Gasteiger partial charge in [0.1, 0.15) is 5.82 Å². The van der Waals surface area contributed by atoms with Gasteiger partial charge in [0, 0.05) is 6.61 Å². The van der Waals surface area contributed by atoms with E-state index in [-0.39, 0.29) is 12.3 Å². The zero-order valence-corrected chi connectivity index (χ0v) is 10.8. The fraction of sp³-hybridized carbons (Fsp3) is 0.462. The third-order valence-electron chi connectivity index (χ3n) is 2.52. The number of nitrogens with one attached hydrogen (secondary N) is 1. The maximum atomic E-state index is 13.6. The van der Waals surface area contributed by atoms with Gasteiger partial charge in [-0.05, 0) is 26.0 Å². The van der Waals surface area contributed by atoms with Crippen LogP contribution in [-0.2, 0) is 14.3 Å². The van der Waals surface area contributed by atoms with Crippen LogP contribution in [0.2, 0.25) is 0 Å². The van der Waals surface area contributed by atoms with Crippen molar-refractivity contribution >= 4 is 11.7 Å². The number of para-hydroxylation sites is 1. The first-order valence-electron chi connectivity index (χ1n) is 5.72. The van der Waals surface area contributed by atoms with Crippen molar-refractivity contribution in [1.82, 2.24) is 0 Å². The van der Waals surface area contributed by atoms with Crippen molar-refractivity contribution in [2.45, 2.75) is 19.4 Å². The van der Waals surface area contributed by atoms with Crippen molar-refractivity contribution in [3.05, 3.63) is 30.1 Å². The molecule has 0 aliphatic heterocycles. The molecule has 18 heavy (non-hydrogen) atoms. The van der Waals surface area contributed by atoms with Crippen LogP contribution in [-0.4, -0.2) is 31.8 Å². The molecular weight excluding hydrogens is 237 g/mol. The van der Waals surface area contributed by atoms with Crippen LogP contribution >= 0.6 is 0 Å². The molecule has 1 N–H and O–H groups in total. The summed E-state index contributed by atoms with van der Waals surface area (Å²) in [4.78, 5) is 11.8. The number of ether oxygens (including phenoxy) is 2. The van der Waals surface area contributed by atoms with Gasteiger partial charge < -0.3 is 14.8 Å². The fourth-order valence-corrected chi connectivity index (χ4v) is 1.54. The smallest absolute Gasteiger partial charge is 0.333 e. The van der Waals surface area contributed by atoms with Crippen molar-refractivity contribution in [1.29, 1.82) is 0 Å². The van der Waals surface area contributed by atoms with Gasteiger partial charge in [-0.15, -0.1) is 0 Å². The lowest BCUT2D eigenvalue weighted by molar-refractivity contribution is -0.147. The minimum absolute atomic E-state index is 0.102. The molecule has 0 radical (unpaired) electrons. The topological polar surface area (TPSA) is 47.6 Å². The second-order valence-corrected chi connectivity index (χ2v) is 4.07. The summed E-state index contributed by atoms with van der Waals surface area (Å²) >= 11 is 0. The van der Waals surface area contributed by atoms with Crippen molar-refractivity contribution in [2.75, 3.05) is 25.6 Å². The van der Waals surface area contributed by atoms with Crippen molar-refractivity contribution in [3.63, 3.8) is 0 Å². The van der Waals surface area contributed by atoms with Gasteiger partial charge in [-0.25, -0.2) is 9.18 Å². The van der Waals surface area contributed by atoms with E-state index < -0.39 is 17.3 Å². The standard InChI is InChI=1S/C13H18FNO3/c1-4-18-9-13(2,12(16)17-3)15-11-8-6-5-7-10(11)14/h5-8,15H,4,9H2,1-3H3. The summed E-state index contributed by atoms with van der Waals surface area (Å²) in [7, 11) is 1.29. The number of carbonyl (C=O) groups excluding carboxylic acids is 1. The SMILES string of the molecule is CCOCC(C)(Nc1ccccc1F)C(=O)OC. The molecule has 4 nitrogen and oxygen atoms in total. The van der Waals surface area contributed by atoms with Gasteiger partial charge in [-0.1, -0.05) is 12.1 Å². The highest BCUT2D eigenvalue weighted by Crippen LogP contribution is 2.20. The Labute approximate surface area is 106 Å². The Balaban J connectivity index is 2.91. The molecule has 0 bridgehead atoms. The molecule has 0 heterocycles. The average molecular weight is 255 g/mol. The number of hydrogen-bond donors (Lipinski definition) is 1. The number of halogens is 1. The van der Waals surface area contributed by atoms with Gasteiger partial charge in [0.2, 0.25) is 0 Å². The highest BCUT2D eigenvalue weighted by molar-refractivity contribution is 5.84. The van der Waals surface area contributed by atoms with E-state index >= 15 is 0 Å². The van der Waals surface area contributed by atoms with E-state index in [0.717, 1.165) is 0 Å². The van der Waals surface area contributed by atoms with Crippen LogP contribution in [0.1, 0.15) is 13.8 Å². The molecule has 0 saturated heterocycles. The summed E-state index contributed by atoms with van der Waals surface area (Å²) in [6.07, 6.45) is 0. The van der Waals surface area contributed by atoms with Crippen LogP contribution < -0.4 is 5.32 Å². The normalized spacial score (nSPS) is 13.8. The van der Waals surface area contributed by atoms with Gasteiger partial charge in [-0.3, -0.25) is 0 Å². The van der Waals surface area contributed by atoms with Gasteiger partial charge in [0.05, 0.1) is 19.4 Å². The number of carbonyl (C=O) groups is 1. The average Bonchev–Trinajstić information content (AvgIpc) is 2.38. The molecule has 5 heteroatoms. The Hall–Kier alpha value is -1.62. The molecule has 100 valence electrons. The van der Waals surface area contributed by atoms with E-state index in [1.165, 1.54) is 13.2 Å². The largest absolute Gasteiger partial charge is 0.467 e. The maximum Gasteiger partial charge on any atom is 0.333 e. The van der Waals surface area contributed by atoms with E-state index in [9.17, 15) is 9.18 Å². The Morgan fingerprint density at radius 2 is 2.11 bits per heavy atom. The highest BCUT2D eigenvalue weighted by Gasteiger charge is 2.35. The second kappa shape index (κ2) is 6.35. The van der Waals surface area contributed by atoms with Crippen molar-refractivity contribution in [2.24, 2.45) is 0 Å². The van der Waals surface area contributed by atoms with Gasteiger partial charge >= 0.3 is 5.97 Å². The van der Waals surface area contributed by atoms with Crippen LogP contribution in [0.5, 0.6) is 0 Å². The van der Waals surface area contributed by atoms with Crippen LogP contribution in [0, 0.1) is 5.82 Å². The number of rotatable bonds is 6. The van der Waals surface area contributed by atoms with Crippen LogP contribution in [0.15, 0.2) is 24.3 Å². The molecule has 1 unspecified atom stereocenters. The van der Waals surface area contributed by atoms with E-state index in [4.69, 9.17) is 9.47 Å². The van der Waals surface area contributed by atoms with Crippen LogP contribution in [0.3, 0.4) is 0 Å². The molecule has 0 aromatic heterocycles. The van der Waals surface area contributed by atoms with E-state index in [0.29, 0.717) is 6.61 Å². The highest BCUT2D eigenvalue weighted by atomic mass is 19.1. The monoisotopic (exact) mass is 255 g/mol. The lowest BCUT2D eigenvalue weighted by Crippen LogP contribution is -2.48.